The Kier molecular flexibility index (Phi) is 9.05. The maximum atomic E-state index is 13.7. The molecule has 1 amide bonds. The summed E-state index contributed by atoms with van der Waals surface area (Å²) in [6.07, 6.45) is 2.70. The van der Waals surface area contributed by atoms with Crippen LogP contribution in [-0.4, -0.2) is 44.7 Å². The highest BCUT2D eigenvalue weighted by Gasteiger charge is 2.21. The van der Waals surface area contributed by atoms with Gasteiger partial charge in [0.05, 0.1) is 21.5 Å². The van der Waals surface area contributed by atoms with E-state index in [1.54, 1.807) is 24.3 Å². The number of H-pyrrole nitrogens is 1. The molecule has 9 heteroatoms. The molecular weight excluding hydrogens is 523 g/mol. The Labute approximate surface area is 232 Å². The number of nitrogens with zero attached hydrogens (tertiary/aromatic N) is 3. The molecule has 0 radical (unpaired) electrons. The SMILES string of the molecule is CC(C)N(CC(=O)N(CCc1c[nH]c2ccccc12)Cc1ccc(Cl)c(Cl)c1)Cc1ccc([N+](=O)[O-])cc1. The van der Waals surface area contributed by atoms with E-state index in [0.29, 0.717) is 36.1 Å². The number of fused-ring (bicyclic) bond motifs is 1. The lowest BCUT2D eigenvalue weighted by Gasteiger charge is -2.30. The Morgan fingerprint density at radius 2 is 1.68 bits per heavy atom. The molecule has 0 bridgehead atoms. The Morgan fingerprint density at radius 1 is 0.974 bits per heavy atom. The minimum Gasteiger partial charge on any atom is -0.361 e. The van der Waals surface area contributed by atoms with E-state index in [1.807, 2.05) is 49.2 Å². The second kappa shape index (κ2) is 12.4. The third kappa shape index (κ3) is 6.92. The van der Waals surface area contributed by atoms with Crippen molar-refractivity contribution in [1.82, 2.24) is 14.8 Å². The monoisotopic (exact) mass is 552 g/mol. The first-order chi connectivity index (χ1) is 18.2. The lowest BCUT2D eigenvalue weighted by atomic mass is 10.1. The molecule has 0 aliphatic rings. The molecule has 0 unspecified atom stereocenters. The molecule has 0 fully saturated rings. The van der Waals surface area contributed by atoms with Gasteiger partial charge in [-0.15, -0.1) is 0 Å². The number of non-ortho nitro benzene ring substituents is 1. The second-order valence-corrected chi connectivity index (χ2v) is 10.4. The quantitative estimate of drug-likeness (QED) is 0.162. The molecule has 38 heavy (non-hydrogen) atoms. The fourth-order valence-corrected chi connectivity index (χ4v) is 4.72. The minimum atomic E-state index is -0.415. The van der Waals surface area contributed by atoms with E-state index in [4.69, 9.17) is 23.2 Å². The van der Waals surface area contributed by atoms with Crippen LogP contribution in [-0.2, 0) is 24.3 Å². The molecule has 0 saturated carbocycles. The second-order valence-electron chi connectivity index (χ2n) is 9.60. The lowest BCUT2D eigenvalue weighted by molar-refractivity contribution is -0.384. The van der Waals surface area contributed by atoms with Crippen molar-refractivity contribution in [2.24, 2.45) is 0 Å². The highest BCUT2D eigenvalue weighted by molar-refractivity contribution is 6.42. The number of nitrogens with one attached hydrogen (secondary N) is 1. The van der Waals surface area contributed by atoms with Gasteiger partial charge in [0.25, 0.3) is 5.69 Å². The van der Waals surface area contributed by atoms with Crippen LogP contribution in [0.4, 0.5) is 5.69 Å². The molecular formula is C29H30Cl2N4O3. The van der Waals surface area contributed by atoms with Gasteiger partial charge in [0.15, 0.2) is 0 Å². The Hall–Kier alpha value is -3.39. The molecule has 0 atom stereocenters. The Balaban J connectivity index is 1.52. The van der Waals surface area contributed by atoms with Crippen LogP contribution in [0.5, 0.6) is 0 Å². The summed E-state index contributed by atoms with van der Waals surface area (Å²) in [6.45, 7) is 5.72. The average molecular weight is 553 g/mol. The molecule has 0 aliphatic carbocycles. The van der Waals surface area contributed by atoms with E-state index < -0.39 is 4.92 Å². The highest BCUT2D eigenvalue weighted by Crippen LogP contribution is 2.24. The summed E-state index contributed by atoms with van der Waals surface area (Å²) in [7, 11) is 0. The number of carbonyl (C=O) groups excluding carboxylic acids is 1. The molecule has 3 aromatic carbocycles. The van der Waals surface area contributed by atoms with Crippen molar-refractivity contribution in [3.8, 4) is 0 Å². The van der Waals surface area contributed by atoms with Gasteiger partial charge in [-0.3, -0.25) is 19.8 Å². The smallest absolute Gasteiger partial charge is 0.269 e. The maximum absolute atomic E-state index is 13.7. The normalized spacial score (nSPS) is 11.4. The number of amides is 1. The van der Waals surface area contributed by atoms with Gasteiger partial charge < -0.3 is 9.88 Å². The topological polar surface area (TPSA) is 82.5 Å². The van der Waals surface area contributed by atoms with Gasteiger partial charge in [-0.05, 0) is 55.2 Å². The Bertz CT molecular complexity index is 1420. The number of para-hydroxylation sites is 1. The molecule has 198 valence electrons. The van der Waals surface area contributed by atoms with Gasteiger partial charge in [-0.2, -0.15) is 0 Å². The van der Waals surface area contributed by atoms with Crippen molar-refractivity contribution in [2.75, 3.05) is 13.1 Å². The average Bonchev–Trinajstić information content (AvgIpc) is 3.31. The van der Waals surface area contributed by atoms with E-state index in [2.05, 4.69) is 16.0 Å². The van der Waals surface area contributed by atoms with Crippen molar-refractivity contribution in [2.45, 2.75) is 39.4 Å². The van der Waals surface area contributed by atoms with E-state index >= 15 is 0 Å². The number of rotatable bonds is 11. The molecule has 0 saturated heterocycles. The van der Waals surface area contributed by atoms with Crippen molar-refractivity contribution in [3.05, 3.63) is 110 Å². The van der Waals surface area contributed by atoms with E-state index in [1.165, 1.54) is 12.1 Å². The van der Waals surface area contributed by atoms with Gasteiger partial charge in [0, 0.05) is 54.9 Å². The van der Waals surface area contributed by atoms with Crippen LogP contribution in [0.25, 0.3) is 10.9 Å². The summed E-state index contributed by atoms with van der Waals surface area (Å²) in [5.41, 5.74) is 4.08. The van der Waals surface area contributed by atoms with Gasteiger partial charge in [0.1, 0.15) is 0 Å². The molecule has 0 spiro atoms. The van der Waals surface area contributed by atoms with Crippen LogP contribution in [0, 0.1) is 10.1 Å². The van der Waals surface area contributed by atoms with Gasteiger partial charge >= 0.3 is 0 Å². The number of hydrogen-bond acceptors (Lipinski definition) is 4. The molecule has 7 nitrogen and oxygen atoms in total. The minimum absolute atomic E-state index is 0.00785. The fraction of sp³-hybridized carbons (Fsp3) is 0.276. The first kappa shape index (κ1) is 27.6. The highest BCUT2D eigenvalue weighted by atomic mass is 35.5. The van der Waals surface area contributed by atoms with Crippen LogP contribution in [0.15, 0.2) is 72.9 Å². The summed E-state index contributed by atoms with van der Waals surface area (Å²) < 4.78 is 0. The van der Waals surface area contributed by atoms with Gasteiger partial charge in [-0.1, -0.05) is 59.6 Å². The van der Waals surface area contributed by atoms with Crippen LogP contribution in [0.2, 0.25) is 10.0 Å². The van der Waals surface area contributed by atoms with Crippen molar-refractivity contribution < 1.29 is 9.72 Å². The van der Waals surface area contributed by atoms with Crippen LogP contribution < -0.4 is 0 Å². The molecule has 0 aliphatic heterocycles. The zero-order valence-corrected chi connectivity index (χ0v) is 22.9. The zero-order valence-electron chi connectivity index (χ0n) is 21.4. The first-order valence-electron chi connectivity index (χ1n) is 12.5. The number of aromatic amines is 1. The molecule has 4 rings (SSSR count). The predicted octanol–water partition coefficient (Wildman–Crippen LogP) is 6.86. The van der Waals surface area contributed by atoms with Crippen molar-refractivity contribution in [3.63, 3.8) is 0 Å². The zero-order chi connectivity index (χ0) is 27.2. The third-order valence-corrected chi connectivity index (χ3v) is 7.38. The van der Waals surface area contributed by atoms with Gasteiger partial charge in [0.2, 0.25) is 5.91 Å². The number of halogens is 2. The molecule has 1 N–H and O–H groups in total. The summed E-state index contributed by atoms with van der Waals surface area (Å²) >= 11 is 12.4. The van der Waals surface area contributed by atoms with Gasteiger partial charge in [-0.25, -0.2) is 0 Å². The number of benzene rings is 3. The standard InChI is InChI=1S/C29H30Cl2N4O3/c1-20(2)34(17-21-7-10-24(11-8-21)35(37)38)19-29(36)33(18-22-9-12-26(30)27(31)15-22)14-13-23-16-32-28-6-4-3-5-25(23)28/h3-12,15-16,20,32H,13-14,17-19H2,1-2H3. The molecule has 1 aromatic heterocycles. The summed E-state index contributed by atoms with van der Waals surface area (Å²) in [5.74, 6) is -0.00785. The van der Waals surface area contributed by atoms with E-state index in [9.17, 15) is 14.9 Å². The first-order valence-corrected chi connectivity index (χ1v) is 13.2. The third-order valence-electron chi connectivity index (χ3n) is 6.64. The van der Waals surface area contributed by atoms with Crippen LogP contribution in [0.1, 0.15) is 30.5 Å². The molecule has 1 heterocycles. The number of nitro benzene ring substituents is 1. The number of carbonyl (C=O) groups is 1. The molecule has 4 aromatic rings. The van der Waals surface area contributed by atoms with Crippen molar-refractivity contribution >= 4 is 45.7 Å². The maximum Gasteiger partial charge on any atom is 0.269 e. The predicted molar refractivity (Wildman–Crippen MR) is 153 cm³/mol. The van der Waals surface area contributed by atoms with Crippen molar-refractivity contribution in [1.29, 1.82) is 0 Å². The number of hydrogen-bond donors (Lipinski definition) is 1. The summed E-state index contributed by atoms with van der Waals surface area (Å²) in [5, 5.41) is 13.1. The van der Waals surface area contributed by atoms with E-state index in [-0.39, 0.29) is 24.2 Å². The Morgan fingerprint density at radius 3 is 2.37 bits per heavy atom. The number of aromatic nitrogens is 1. The largest absolute Gasteiger partial charge is 0.361 e. The summed E-state index contributed by atoms with van der Waals surface area (Å²) in [4.78, 5) is 31.5. The van der Waals surface area contributed by atoms with Crippen LogP contribution >= 0.6 is 23.2 Å². The fourth-order valence-electron chi connectivity index (χ4n) is 4.40. The summed E-state index contributed by atoms with van der Waals surface area (Å²) in [6, 6.07) is 20.1. The lowest BCUT2D eigenvalue weighted by Crippen LogP contribution is -2.43. The number of nitro groups is 1. The van der Waals surface area contributed by atoms with E-state index in [0.717, 1.165) is 27.6 Å². The van der Waals surface area contributed by atoms with Crippen LogP contribution in [0.3, 0.4) is 0 Å².